The van der Waals surface area contributed by atoms with Crippen LogP contribution in [0.15, 0.2) is 33.5 Å². The van der Waals surface area contributed by atoms with Crippen molar-refractivity contribution in [1.29, 1.82) is 0 Å². The monoisotopic (exact) mass is 278 g/mol. The SMILES string of the molecule is COc1ccc2ccc(=O)oc2c1OCCC(C)CO. The van der Waals surface area contributed by atoms with Crippen LogP contribution in [0.4, 0.5) is 0 Å². The summed E-state index contributed by atoms with van der Waals surface area (Å²) in [5.74, 6) is 1.10. The Morgan fingerprint density at radius 2 is 2.05 bits per heavy atom. The van der Waals surface area contributed by atoms with Crippen LogP contribution in [0.5, 0.6) is 11.5 Å². The van der Waals surface area contributed by atoms with Crippen molar-refractivity contribution >= 4 is 11.0 Å². The average Bonchev–Trinajstić information content (AvgIpc) is 2.47. The Kier molecular flexibility index (Phi) is 4.63. The van der Waals surface area contributed by atoms with Crippen molar-refractivity contribution in [2.45, 2.75) is 13.3 Å². The third-order valence-corrected chi connectivity index (χ3v) is 3.10. The van der Waals surface area contributed by atoms with Crippen LogP contribution < -0.4 is 15.1 Å². The number of methoxy groups -OCH3 is 1. The number of fused-ring (bicyclic) bond motifs is 1. The molecule has 0 fully saturated rings. The van der Waals surface area contributed by atoms with Crippen LogP contribution in [0.25, 0.3) is 11.0 Å². The minimum absolute atomic E-state index is 0.116. The van der Waals surface area contributed by atoms with Crippen LogP contribution in [0.1, 0.15) is 13.3 Å². The van der Waals surface area contributed by atoms with E-state index in [4.69, 9.17) is 19.0 Å². The van der Waals surface area contributed by atoms with E-state index >= 15 is 0 Å². The van der Waals surface area contributed by atoms with E-state index in [2.05, 4.69) is 0 Å². The molecule has 108 valence electrons. The lowest BCUT2D eigenvalue weighted by Crippen LogP contribution is -2.08. The van der Waals surface area contributed by atoms with E-state index in [1.807, 2.05) is 6.92 Å². The van der Waals surface area contributed by atoms with E-state index in [9.17, 15) is 4.79 Å². The van der Waals surface area contributed by atoms with Gasteiger partial charge in [0.2, 0.25) is 5.75 Å². The zero-order chi connectivity index (χ0) is 14.5. The molecule has 1 aromatic carbocycles. The van der Waals surface area contributed by atoms with Gasteiger partial charge in [0.1, 0.15) is 0 Å². The molecule has 1 atom stereocenters. The fraction of sp³-hybridized carbons (Fsp3) is 0.400. The molecule has 2 aromatic rings. The van der Waals surface area contributed by atoms with Gasteiger partial charge < -0.3 is 19.0 Å². The quantitative estimate of drug-likeness (QED) is 0.820. The molecule has 1 N–H and O–H groups in total. The Morgan fingerprint density at radius 3 is 2.75 bits per heavy atom. The number of hydrogen-bond acceptors (Lipinski definition) is 5. The Balaban J connectivity index is 2.33. The topological polar surface area (TPSA) is 68.9 Å². The van der Waals surface area contributed by atoms with Crippen molar-refractivity contribution in [3.05, 3.63) is 34.7 Å². The van der Waals surface area contributed by atoms with Gasteiger partial charge in [-0.05, 0) is 30.5 Å². The zero-order valence-electron chi connectivity index (χ0n) is 11.6. The zero-order valence-corrected chi connectivity index (χ0v) is 11.6. The Labute approximate surface area is 116 Å². The van der Waals surface area contributed by atoms with E-state index in [1.54, 1.807) is 18.2 Å². The third kappa shape index (κ3) is 3.11. The number of benzene rings is 1. The number of aliphatic hydroxyl groups excluding tert-OH is 1. The molecule has 5 nitrogen and oxygen atoms in total. The maximum atomic E-state index is 11.4. The molecule has 0 amide bonds. The Bertz CT molecular complexity index is 632. The van der Waals surface area contributed by atoms with E-state index in [0.29, 0.717) is 30.1 Å². The first-order valence-electron chi connectivity index (χ1n) is 6.50. The highest BCUT2D eigenvalue weighted by Gasteiger charge is 2.13. The second-order valence-corrected chi connectivity index (χ2v) is 4.69. The molecular weight excluding hydrogens is 260 g/mol. The molecule has 0 aliphatic heterocycles. The fourth-order valence-electron chi connectivity index (χ4n) is 1.84. The van der Waals surface area contributed by atoms with Crippen LogP contribution >= 0.6 is 0 Å². The molecule has 1 heterocycles. The summed E-state index contributed by atoms with van der Waals surface area (Å²) < 4.78 is 16.1. The largest absolute Gasteiger partial charge is 0.493 e. The van der Waals surface area contributed by atoms with Gasteiger partial charge in [-0.1, -0.05) is 6.92 Å². The molecule has 0 bridgehead atoms. The highest BCUT2D eigenvalue weighted by Crippen LogP contribution is 2.35. The predicted molar refractivity (Wildman–Crippen MR) is 75.4 cm³/mol. The first-order valence-corrected chi connectivity index (χ1v) is 6.50. The summed E-state index contributed by atoms with van der Waals surface area (Å²) in [4.78, 5) is 11.4. The lowest BCUT2D eigenvalue weighted by Gasteiger charge is -2.13. The van der Waals surface area contributed by atoms with Gasteiger partial charge in [-0.3, -0.25) is 0 Å². The van der Waals surface area contributed by atoms with Crippen LogP contribution in [-0.2, 0) is 0 Å². The highest BCUT2D eigenvalue weighted by molar-refractivity contribution is 5.85. The maximum absolute atomic E-state index is 11.4. The predicted octanol–water partition coefficient (Wildman–Crippen LogP) is 2.20. The van der Waals surface area contributed by atoms with Gasteiger partial charge in [0.25, 0.3) is 0 Å². The van der Waals surface area contributed by atoms with Gasteiger partial charge in [-0.25, -0.2) is 4.79 Å². The summed E-state index contributed by atoms with van der Waals surface area (Å²) in [5.41, 5.74) is -0.0483. The van der Waals surface area contributed by atoms with Crippen molar-refractivity contribution in [2.24, 2.45) is 5.92 Å². The fourth-order valence-corrected chi connectivity index (χ4v) is 1.84. The molecule has 0 radical (unpaired) electrons. The van der Waals surface area contributed by atoms with Gasteiger partial charge in [0.15, 0.2) is 11.3 Å². The summed E-state index contributed by atoms with van der Waals surface area (Å²) in [6, 6.07) is 6.63. The van der Waals surface area contributed by atoms with Crippen molar-refractivity contribution in [3.8, 4) is 11.5 Å². The van der Waals surface area contributed by atoms with Gasteiger partial charge in [0, 0.05) is 18.1 Å². The minimum Gasteiger partial charge on any atom is -0.493 e. The standard InChI is InChI=1S/C15H18O5/c1-10(9-16)7-8-19-15-12(18-2)5-3-11-4-6-13(17)20-14(11)15/h3-6,10,16H,7-9H2,1-2H3. The van der Waals surface area contributed by atoms with Crippen LogP contribution in [0, 0.1) is 5.92 Å². The molecule has 0 saturated heterocycles. The number of hydrogen-bond donors (Lipinski definition) is 1. The summed E-state index contributed by atoms with van der Waals surface area (Å²) in [7, 11) is 1.53. The summed E-state index contributed by atoms with van der Waals surface area (Å²) in [6.07, 6.45) is 0.701. The first kappa shape index (κ1) is 14.4. The molecule has 1 unspecified atom stereocenters. The van der Waals surface area contributed by atoms with E-state index in [1.165, 1.54) is 13.2 Å². The van der Waals surface area contributed by atoms with Crippen molar-refractivity contribution in [3.63, 3.8) is 0 Å². The minimum atomic E-state index is -0.431. The number of ether oxygens (including phenoxy) is 2. The van der Waals surface area contributed by atoms with Gasteiger partial charge >= 0.3 is 5.63 Å². The first-order chi connectivity index (χ1) is 9.65. The molecule has 0 aliphatic rings. The highest BCUT2D eigenvalue weighted by atomic mass is 16.5. The number of aliphatic hydroxyl groups is 1. The maximum Gasteiger partial charge on any atom is 0.336 e. The van der Waals surface area contributed by atoms with E-state index in [-0.39, 0.29) is 12.5 Å². The summed E-state index contributed by atoms with van der Waals surface area (Å²) in [5, 5.41) is 9.77. The molecule has 2 rings (SSSR count). The van der Waals surface area contributed by atoms with Crippen LogP contribution in [-0.4, -0.2) is 25.4 Å². The van der Waals surface area contributed by atoms with Gasteiger partial charge in [-0.2, -0.15) is 0 Å². The normalized spacial score (nSPS) is 12.3. The van der Waals surface area contributed by atoms with Crippen molar-refractivity contribution in [1.82, 2.24) is 0 Å². The molecule has 0 aliphatic carbocycles. The van der Waals surface area contributed by atoms with Crippen LogP contribution in [0.2, 0.25) is 0 Å². The Hall–Kier alpha value is -2.01. The molecule has 20 heavy (non-hydrogen) atoms. The van der Waals surface area contributed by atoms with Crippen molar-refractivity contribution in [2.75, 3.05) is 20.3 Å². The Morgan fingerprint density at radius 1 is 1.30 bits per heavy atom. The van der Waals surface area contributed by atoms with E-state index < -0.39 is 5.63 Å². The van der Waals surface area contributed by atoms with E-state index in [0.717, 1.165) is 5.39 Å². The molecule has 0 spiro atoms. The lowest BCUT2D eigenvalue weighted by molar-refractivity contribution is 0.199. The van der Waals surface area contributed by atoms with Crippen LogP contribution in [0.3, 0.4) is 0 Å². The van der Waals surface area contributed by atoms with Gasteiger partial charge in [-0.15, -0.1) is 0 Å². The van der Waals surface area contributed by atoms with Gasteiger partial charge in [0.05, 0.1) is 13.7 Å². The second kappa shape index (κ2) is 6.43. The average molecular weight is 278 g/mol. The third-order valence-electron chi connectivity index (χ3n) is 3.10. The summed E-state index contributed by atoms with van der Waals surface area (Å²) in [6.45, 7) is 2.46. The molecule has 5 heteroatoms. The lowest BCUT2D eigenvalue weighted by atomic mass is 10.1. The molecule has 0 saturated carbocycles. The van der Waals surface area contributed by atoms with Crippen molar-refractivity contribution < 1.29 is 19.0 Å². The second-order valence-electron chi connectivity index (χ2n) is 4.69. The summed E-state index contributed by atoms with van der Waals surface area (Å²) >= 11 is 0. The molecule has 1 aromatic heterocycles. The number of rotatable bonds is 6. The smallest absolute Gasteiger partial charge is 0.336 e. The molecular formula is C15H18O5.